The van der Waals surface area contributed by atoms with Crippen LogP contribution in [0.15, 0.2) is 18.2 Å². The maximum Gasteiger partial charge on any atom is 0.254 e. The molecule has 3 N–H and O–H groups in total. The molecule has 5 nitrogen and oxygen atoms in total. The van der Waals surface area contributed by atoms with Gasteiger partial charge in [-0.1, -0.05) is 0 Å². The summed E-state index contributed by atoms with van der Waals surface area (Å²) in [6.45, 7) is 0.351. The Hall–Kier alpha value is -2.11. The molecule has 2 amide bonds. The Balaban J connectivity index is 2.07. The summed E-state index contributed by atoms with van der Waals surface area (Å²) in [6.07, 6.45) is 0.200. The zero-order valence-corrected chi connectivity index (χ0v) is 8.87. The van der Waals surface area contributed by atoms with E-state index in [2.05, 4.69) is 10.6 Å². The predicted octanol–water partition coefficient (Wildman–Crippen LogP) is 0.150. The first kappa shape index (κ1) is 11.4. The van der Waals surface area contributed by atoms with Gasteiger partial charge in [0.15, 0.2) is 0 Å². The summed E-state index contributed by atoms with van der Waals surface area (Å²) in [5.74, 6) is -1.76. The van der Waals surface area contributed by atoms with Crippen LogP contribution >= 0.6 is 0 Å². The van der Waals surface area contributed by atoms with Crippen LogP contribution in [-0.2, 0) is 4.79 Å². The van der Waals surface area contributed by atoms with Crippen molar-refractivity contribution >= 4 is 11.8 Å². The van der Waals surface area contributed by atoms with E-state index >= 15 is 0 Å². The molecule has 0 radical (unpaired) electrons. The minimum atomic E-state index is -0.792. The number of rotatable bonds is 2. The molecular formula is C11H11FN2O3. The molecule has 6 heteroatoms. The lowest BCUT2D eigenvalue weighted by Crippen LogP contribution is -2.36. The predicted molar refractivity (Wildman–Crippen MR) is 56.9 cm³/mol. The van der Waals surface area contributed by atoms with E-state index in [1.54, 1.807) is 0 Å². The minimum absolute atomic E-state index is 0.138. The minimum Gasteiger partial charge on any atom is -0.508 e. The van der Waals surface area contributed by atoms with Crippen LogP contribution in [-0.4, -0.2) is 29.5 Å². The van der Waals surface area contributed by atoms with Crippen molar-refractivity contribution in [2.45, 2.75) is 12.5 Å². The van der Waals surface area contributed by atoms with Crippen molar-refractivity contribution in [3.05, 3.63) is 29.6 Å². The van der Waals surface area contributed by atoms with E-state index in [0.29, 0.717) is 6.54 Å². The summed E-state index contributed by atoms with van der Waals surface area (Å²) in [7, 11) is 0. The van der Waals surface area contributed by atoms with Crippen LogP contribution < -0.4 is 10.6 Å². The second-order valence-corrected chi connectivity index (χ2v) is 3.84. The van der Waals surface area contributed by atoms with Crippen LogP contribution in [0, 0.1) is 5.82 Å². The van der Waals surface area contributed by atoms with Gasteiger partial charge in [0.25, 0.3) is 5.91 Å². The molecule has 1 saturated heterocycles. The summed E-state index contributed by atoms with van der Waals surface area (Å²) in [4.78, 5) is 22.6. The highest BCUT2D eigenvalue weighted by atomic mass is 19.1. The molecule has 0 aliphatic carbocycles. The lowest BCUT2D eigenvalue weighted by atomic mass is 10.1. The number of aromatic hydroxyl groups is 1. The molecular weight excluding hydrogens is 227 g/mol. The molecule has 1 aromatic carbocycles. The Morgan fingerprint density at radius 1 is 1.53 bits per heavy atom. The first-order chi connectivity index (χ1) is 8.06. The second-order valence-electron chi connectivity index (χ2n) is 3.84. The Labute approximate surface area is 96.6 Å². The van der Waals surface area contributed by atoms with Crippen LogP contribution in [0.2, 0.25) is 0 Å². The molecule has 17 heavy (non-hydrogen) atoms. The summed E-state index contributed by atoms with van der Waals surface area (Å²) in [5.41, 5.74) is -0.151. The van der Waals surface area contributed by atoms with E-state index in [-0.39, 0.29) is 29.7 Å². The number of hydrogen-bond donors (Lipinski definition) is 3. The second kappa shape index (κ2) is 4.40. The smallest absolute Gasteiger partial charge is 0.254 e. The SMILES string of the molecule is O=C1CC(NC(=O)c2ccc(O)cc2F)CN1. The molecule has 0 spiro atoms. The molecule has 1 aliphatic heterocycles. The first-order valence-electron chi connectivity index (χ1n) is 5.12. The van der Waals surface area contributed by atoms with Crippen molar-refractivity contribution < 1.29 is 19.1 Å². The van der Waals surface area contributed by atoms with Gasteiger partial charge in [0.1, 0.15) is 11.6 Å². The van der Waals surface area contributed by atoms with Crippen LogP contribution in [0.3, 0.4) is 0 Å². The van der Waals surface area contributed by atoms with Gasteiger partial charge in [0.2, 0.25) is 5.91 Å². The fourth-order valence-electron chi connectivity index (χ4n) is 1.66. The molecule has 90 valence electrons. The zero-order chi connectivity index (χ0) is 12.4. The average Bonchev–Trinajstić information content (AvgIpc) is 2.63. The zero-order valence-electron chi connectivity index (χ0n) is 8.87. The molecule has 1 unspecified atom stereocenters. The van der Waals surface area contributed by atoms with E-state index in [1.807, 2.05) is 0 Å². The first-order valence-corrected chi connectivity index (χ1v) is 5.12. The number of benzene rings is 1. The van der Waals surface area contributed by atoms with Gasteiger partial charge in [-0.05, 0) is 12.1 Å². The van der Waals surface area contributed by atoms with Crippen molar-refractivity contribution in [1.29, 1.82) is 0 Å². The third-order valence-corrected chi connectivity index (χ3v) is 2.51. The van der Waals surface area contributed by atoms with Crippen LogP contribution in [0.4, 0.5) is 4.39 Å². The van der Waals surface area contributed by atoms with E-state index < -0.39 is 11.7 Å². The third kappa shape index (κ3) is 2.52. The Kier molecular flexibility index (Phi) is 2.95. The van der Waals surface area contributed by atoms with Gasteiger partial charge in [-0.2, -0.15) is 0 Å². The lowest BCUT2D eigenvalue weighted by Gasteiger charge is -2.10. The van der Waals surface area contributed by atoms with Gasteiger partial charge in [-0.25, -0.2) is 4.39 Å². The van der Waals surface area contributed by atoms with E-state index in [1.165, 1.54) is 12.1 Å². The topological polar surface area (TPSA) is 78.4 Å². The van der Waals surface area contributed by atoms with Crippen molar-refractivity contribution in [1.82, 2.24) is 10.6 Å². The highest BCUT2D eigenvalue weighted by molar-refractivity contribution is 5.95. The number of phenolic OH excluding ortho intramolecular Hbond substituents is 1. The van der Waals surface area contributed by atoms with E-state index in [0.717, 1.165) is 6.07 Å². The highest BCUT2D eigenvalue weighted by Crippen LogP contribution is 2.15. The van der Waals surface area contributed by atoms with E-state index in [9.17, 15) is 14.0 Å². The monoisotopic (exact) mass is 238 g/mol. The maximum absolute atomic E-state index is 13.3. The van der Waals surface area contributed by atoms with Crippen molar-refractivity contribution in [2.24, 2.45) is 0 Å². The fourth-order valence-corrected chi connectivity index (χ4v) is 1.66. The van der Waals surface area contributed by atoms with E-state index in [4.69, 9.17) is 5.11 Å². The molecule has 2 rings (SSSR count). The number of amides is 2. The molecule has 1 aromatic rings. The number of carbonyl (C=O) groups is 2. The molecule has 1 heterocycles. The molecule has 0 saturated carbocycles. The quantitative estimate of drug-likeness (QED) is 0.686. The molecule has 1 fully saturated rings. The van der Waals surface area contributed by atoms with Gasteiger partial charge in [0.05, 0.1) is 11.6 Å². The van der Waals surface area contributed by atoms with Gasteiger partial charge in [-0.3, -0.25) is 9.59 Å². The van der Waals surface area contributed by atoms with Crippen LogP contribution in [0.5, 0.6) is 5.75 Å². The standard InChI is InChI=1S/C11H11FN2O3/c12-9-4-7(15)1-2-8(9)11(17)14-6-3-10(16)13-5-6/h1-2,4,6,15H,3,5H2,(H,13,16)(H,14,17). The van der Waals surface area contributed by atoms with Crippen LogP contribution in [0.25, 0.3) is 0 Å². The maximum atomic E-state index is 13.3. The Morgan fingerprint density at radius 3 is 2.88 bits per heavy atom. The van der Waals surface area contributed by atoms with Crippen molar-refractivity contribution in [3.8, 4) is 5.75 Å². The van der Waals surface area contributed by atoms with Gasteiger partial charge in [-0.15, -0.1) is 0 Å². The Bertz CT molecular complexity index is 476. The van der Waals surface area contributed by atoms with Gasteiger partial charge >= 0.3 is 0 Å². The van der Waals surface area contributed by atoms with Crippen molar-refractivity contribution in [2.75, 3.05) is 6.54 Å². The highest BCUT2D eigenvalue weighted by Gasteiger charge is 2.24. The largest absolute Gasteiger partial charge is 0.508 e. The summed E-state index contributed by atoms with van der Waals surface area (Å²) in [6, 6.07) is 2.98. The summed E-state index contributed by atoms with van der Waals surface area (Å²) >= 11 is 0. The summed E-state index contributed by atoms with van der Waals surface area (Å²) in [5, 5.41) is 14.1. The molecule has 0 bridgehead atoms. The normalized spacial score (nSPS) is 18.9. The summed E-state index contributed by atoms with van der Waals surface area (Å²) < 4.78 is 13.3. The lowest BCUT2D eigenvalue weighted by molar-refractivity contribution is -0.119. The van der Waals surface area contributed by atoms with Gasteiger partial charge < -0.3 is 15.7 Å². The fraction of sp³-hybridized carbons (Fsp3) is 0.273. The number of nitrogens with one attached hydrogen (secondary N) is 2. The molecule has 0 aromatic heterocycles. The van der Waals surface area contributed by atoms with Gasteiger partial charge in [0, 0.05) is 19.0 Å². The number of carbonyl (C=O) groups excluding carboxylic acids is 2. The van der Waals surface area contributed by atoms with Crippen molar-refractivity contribution in [3.63, 3.8) is 0 Å². The average molecular weight is 238 g/mol. The number of halogens is 1. The molecule has 1 aliphatic rings. The van der Waals surface area contributed by atoms with Crippen LogP contribution in [0.1, 0.15) is 16.8 Å². The third-order valence-electron chi connectivity index (χ3n) is 2.51. The Morgan fingerprint density at radius 2 is 2.29 bits per heavy atom. The molecule has 1 atom stereocenters. The number of hydrogen-bond acceptors (Lipinski definition) is 3. The number of phenols is 1.